The first-order valence-corrected chi connectivity index (χ1v) is 8.05. The van der Waals surface area contributed by atoms with Gasteiger partial charge in [0.1, 0.15) is 5.75 Å². The highest BCUT2D eigenvalue weighted by molar-refractivity contribution is 5.31. The van der Waals surface area contributed by atoms with Crippen molar-refractivity contribution in [3.05, 3.63) is 29.8 Å². The molecule has 1 atom stereocenters. The molecule has 0 heterocycles. The van der Waals surface area contributed by atoms with Gasteiger partial charge in [0.05, 0.1) is 12.8 Å². The molecule has 0 amide bonds. The van der Waals surface area contributed by atoms with Gasteiger partial charge in [-0.05, 0) is 70.3 Å². The average Bonchev–Trinajstić information content (AvgIpc) is 2.49. The highest BCUT2D eigenvalue weighted by atomic mass is 16.5. The lowest BCUT2D eigenvalue weighted by molar-refractivity contribution is 0.0959. The maximum Gasteiger partial charge on any atom is 0.118 e. The normalized spacial score (nSPS) is 25.6. The molecule has 1 aliphatic carbocycles. The molecule has 1 unspecified atom stereocenters. The summed E-state index contributed by atoms with van der Waals surface area (Å²) in [5.41, 5.74) is 1.14. The standard InChI is InChI=1S/C18H30N2O/c1-14-6-10-16(11-7-14)19-18(2,20(3)4)15-8-12-17(21-5)13-9-15/h8-9,12-14,16,19H,6-7,10-11H2,1-5H3. The molecular weight excluding hydrogens is 260 g/mol. The molecule has 1 aromatic carbocycles. The fourth-order valence-electron chi connectivity index (χ4n) is 3.19. The van der Waals surface area contributed by atoms with Gasteiger partial charge in [-0.15, -0.1) is 0 Å². The minimum Gasteiger partial charge on any atom is -0.497 e. The van der Waals surface area contributed by atoms with Gasteiger partial charge in [0.2, 0.25) is 0 Å². The van der Waals surface area contributed by atoms with Crippen molar-refractivity contribution in [3.8, 4) is 5.75 Å². The first-order valence-electron chi connectivity index (χ1n) is 8.05. The summed E-state index contributed by atoms with van der Waals surface area (Å²) in [7, 11) is 5.99. The number of hydrogen-bond acceptors (Lipinski definition) is 3. The van der Waals surface area contributed by atoms with Gasteiger partial charge in [-0.25, -0.2) is 0 Å². The van der Waals surface area contributed by atoms with Crippen molar-refractivity contribution in [3.63, 3.8) is 0 Å². The van der Waals surface area contributed by atoms with Crippen LogP contribution in [0.5, 0.6) is 5.75 Å². The lowest BCUT2D eigenvalue weighted by Crippen LogP contribution is -2.55. The summed E-state index contributed by atoms with van der Waals surface area (Å²) in [6.07, 6.45) is 5.23. The van der Waals surface area contributed by atoms with E-state index in [0.29, 0.717) is 6.04 Å². The van der Waals surface area contributed by atoms with Crippen LogP contribution in [0.1, 0.15) is 45.1 Å². The Morgan fingerprint density at radius 1 is 1.10 bits per heavy atom. The number of nitrogens with zero attached hydrogens (tertiary/aromatic N) is 1. The van der Waals surface area contributed by atoms with Crippen molar-refractivity contribution in [2.24, 2.45) is 5.92 Å². The molecule has 0 saturated heterocycles. The van der Waals surface area contributed by atoms with Gasteiger partial charge in [-0.2, -0.15) is 0 Å². The number of benzene rings is 1. The molecule has 0 aromatic heterocycles. The van der Waals surface area contributed by atoms with Gasteiger partial charge in [-0.1, -0.05) is 19.1 Å². The fraction of sp³-hybridized carbons (Fsp3) is 0.667. The molecular formula is C18H30N2O. The first-order chi connectivity index (χ1) is 9.95. The molecule has 3 heteroatoms. The summed E-state index contributed by atoms with van der Waals surface area (Å²) in [5, 5.41) is 3.89. The largest absolute Gasteiger partial charge is 0.497 e. The summed E-state index contributed by atoms with van der Waals surface area (Å²) in [6, 6.07) is 9.02. The molecule has 21 heavy (non-hydrogen) atoms. The van der Waals surface area contributed by atoms with Crippen LogP contribution in [0.25, 0.3) is 0 Å². The van der Waals surface area contributed by atoms with E-state index in [1.807, 2.05) is 12.1 Å². The molecule has 1 N–H and O–H groups in total. The lowest BCUT2D eigenvalue weighted by atomic mass is 9.86. The van der Waals surface area contributed by atoms with Crippen LogP contribution in [0.3, 0.4) is 0 Å². The van der Waals surface area contributed by atoms with E-state index in [9.17, 15) is 0 Å². The maximum atomic E-state index is 5.27. The van der Waals surface area contributed by atoms with Gasteiger partial charge in [0, 0.05) is 6.04 Å². The maximum absolute atomic E-state index is 5.27. The second-order valence-electron chi connectivity index (χ2n) is 6.80. The van der Waals surface area contributed by atoms with Crippen LogP contribution in [0.15, 0.2) is 24.3 Å². The Balaban J connectivity index is 2.15. The quantitative estimate of drug-likeness (QED) is 0.839. The zero-order valence-electron chi connectivity index (χ0n) is 14.1. The Labute approximate surface area is 129 Å². The molecule has 3 nitrogen and oxygen atoms in total. The number of methoxy groups -OCH3 is 1. The third-order valence-corrected chi connectivity index (χ3v) is 5.05. The van der Waals surface area contributed by atoms with Gasteiger partial charge in [0.25, 0.3) is 0 Å². The zero-order chi connectivity index (χ0) is 15.5. The minimum atomic E-state index is -0.141. The summed E-state index contributed by atoms with van der Waals surface area (Å²) in [6.45, 7) is 4.64. The second kappa shape index (κ2) is 6.80. The highest BCUT2D eigenvalue weighted by Crippen LogP contribution is 2.30. The Hall–Kier alpha value is -1.06. The van der Waals surface area contributed by atoms with E-state index in [-0.39, 0.29) is 5.66 Å². The van der Waals surface area contributed by atoms with E-state index < -0.39 is 0 Å². The monoisotopic (exact) mass is 290 g/mol. The third kappa shape index (κ3) is 3.78. The van der Waals surface area contributed by atoms with E-state index in [1.165, 1.54) is 31.2 Å². The van der Waals surface area contributed by atoms with Crippen LogP contribution in [0.2, 0.25) is 0 Å². The molecule has 0 aliphatic heterocycles. The Morgan fingerprint density at radius 3 is 2.14 bits per heavy atom. The molecule has 0 radical (unpaired) electrons. The summed E-state index contributed by atoms with van der Waals surface area (Å²) < 4.78 is 5.27. The van der Waals surface area contributed by atoms with Crippen molar-refractivity contribution < 1.29 is 4.74 Å². The van der Waals surface area contributed by atoms with Crippen molar-refractivity contribution >= 4 is 0 Å². The summed E-state index contributed by atoms with van der Waals surface area (Å²) in [4.78, 5) is 2.27. The summed E-state index contributed by atoms with van der Waals surface area (Å²) in [5.74, 6) is 1.79. The van der Waals surface area contributed by atoms with Gasteiger partial charge < -0.3 is 4.74 Å². The van der Waals surface area contributed by atoms with E-state index in [4.69, 9.17) is 4.74 Å². The molecule has 118 valence electrons. The molecule has 1 saturated carbocycles. The van der Waals surface area contributed by atoms with Crippen LogP contribution in [0.4, 0.5) is 0 Å². The predicted molar refractivity (Wildman–Crippen MR) is 88.6 cm³/mol. The lowest BCUT2D eigenvalue weighted by Gasteiger charge is -2.42. The zero-order valence-corrected chi connectivity index (χ0v) is 14.1. The number of rotatable bonds is 5. The molecule has 2 rings (SSSR count). The fourth-order valence-corrected chi connectivity index (χ4v) is 3.19. The van der Waals surface area contributed by atoms with Crippen molar-refractivity contribution in [2.75, 3.05) is 21.2 Å². The first kappa shape index (κ1) is 16.3. The smallest absolute Gasteiger partial charge is 0.118 e. The van der Waals surface area contributed by atoms with Gasteiger partial charge in [-0.3, -0.25) is 10.2 Å². The van der Waals surface area contributed by atoms with Crippen molar-refractivity contribution in [1.82, 2.24) is 10.2 Å². The number of ether oxygens (including phenoxy) is 1. The minimum absolute atomic E-state index is 0.141. The van der Waals surface area contributed by atoms with Crippen LogP contribution in [0, 0.1) is 5.92 Å². The van der Waals surface area contributed by atoms with Crippen LogP contribution in [-0.4, -0.2) is 32.1 Å². The highest BCUT2D eigenvalue weighted by Gasteiger charge is 2.32. The van der Waals surface area contributed by atoms with E-state index in [1.54, 1.807) is 7.11 Å². The third-order valence-electron chi connectivity index (χ3n) is 5.05. The van der Waals surface area contributed by atoms with Crippen LogP contribution < -0.4 is 10.1 Å². The second-order valence-corrected chi connectivity index (χ2v) is 6.80. The molecule has 1 aromatic rings. The topological polar surface area (TPSA) is 24.5 Å². The molecule has 1 fully saturated rings. The Morgan fingerprint density at radius 2 is 1.67 bits per heavy atom. The Kier molecular flexibility index (Phi) is 5.28. The SMILES string of the molecule is COc1ccc(C(C)(NC2CCC(C)CC2)N(C)C)cc1. The molecule has 0 bridgehead atoms. The predicted octanol–water partition coefficient (Wildman–Crippen LogP) is 3.60. The average molecular weight is 290 g/mol. The van der Waals surface area contributed by atoms with E-state index >= 15 is 0 Å². The van der Waals surface area contributed by atoms with Crippen LogP contribution in [-0.2, 0) is 5.66 Å². The van der Waals surface area contributed by atoms with E-state index in [0.717, 1.165) is 11.7 Å². The molecule has 1 aliphatic rings. The Bertz CT molecular complexity index is 435. The van der Waals surface area contributed by atoms with Gasteiger partial charge in [0.15, 0.2) is 0 Å². The summed E-state index contributed by atoms with van der Waals surface area (Å²) >= 11 is 0. The van der Waals surface area contributed by atoms with Crippen LogP contribution >= 0.6 is 0 Å². The number of hydrogen-bond donors (Lipinski definition) is 1. The van der Waals surface area contributed by atoms with E-state index in [2.05, 4.69) is 50.3 Å². The van der Waals surface area contributed by atoms with Crippen molar-refractivity contribution in [2.45, 2.75) is 51.2 Å². The van der Waals surface area contributed by atoms with Crippen molar-refractivity contribution in [1.29, 1.82) is 0 Å². The molecule has 0 spiro atoms. The number of nitrogens with one attached hydrogen (secondary N) is 1. The van der Waals surface area contributed by atoms with Gasteiger partial charge >= 0.3 is 0 Å².